The zero-order valence-corrected chi connectivity index (χ0v) is 8.41. The molecule has 0 saturated carbocycles. The predicted molar refractivity (Wildman–Crippen MR) is 38.1 cm³/mol. The van der Waals surface area contributed by atoms with Crippen LogP contribution in [0.15, 0.2) is 0 Å². The van der Waals surface area contributed by atoms with E-state index in [-0.39, 0.29) is 26.0 Å². The van der Waals surface area contributed by atoms with Crippen molar-refractivity contribution in [1.29, 1.82) is 0 Å². The first kappa shape index (κ1) is 16.6. The van der Waals surface area contributed by atoms with Gasteiger partial charge in [-0.2, -0.15) is 0 Å². The third-order valence-electron chi connectivity index (χ3n) is 1.46. The Morgan fingerprint density at radius 1 is 1.50 bits per heavy atom. The van der Waals surface area contributed by atoms with E-state index in [1.807, 2.05) is 6.92 Å². The SMILES string of the molecule is CCC(C)(C)C(=O)O.[CH3-].[V]. The molecule has 0 heterocycles. The normalized spacial score (nSPS) is 9.10. The molecule has 0 atom stereocenters. The summed E-state index contributed by atoms with van der Waals surface area (Å²) in [6.45, 7) is 5.30. The van der Waals surface area contributed by atoms with E-state index in [9.17, 15) is 4.79 Å². The van der Waals surface area contributed by atoms with Gasteiger partial charge >= 0.3 is 5.97 Å². The summed E-state index contributed by atoms with van der Waals surface area (Å²) >= 11 is 0. The van der Waals surface area contributed by atoms with E-state index in [1.165, 1.54) is 0 Å². The van der Waals surface area contributed by atoms with Crippen molar-refractivity contribution in [2.45, 2.75) is 27.2 Å². The molecule has 1 N–H and O–H groups in total. The molecule has 0 saturated heterocycles. The summed E-state index contributed by atoms with van der Waals surface area (Å²) < 4.78 is 0. The molecule has 0 amide bonds. The van der Waals surface area contributed by atoms with Crippen molar-refractivity contribution in [2.75, 3.05) is 0 Å². The predicted octanol–water partition coefficient (Wildman–Crippen LogP) is 1.95. The molecule has 0 aromatic carbocycles. The largest absolute Gasteiger partial charge is 0.481 e. The van der Waals surface area contributed by atoms with Crippen LogP contribution < -0.4 is 0 Å². The third-order valence-corrected chi connectivity index (χ3v) is 1.46. The van der Waals surface area contributed by atoms with E-state index in [4.69, 9.17) is 5.11 Å². The summed E-state index contributed by atoms with van der Waals surface area (Å²) in [6, 6.07) is 0. The zero-order chi connectivity index (χ0) is 6.78. The minimum absolute atomic E-state index is 0. The zero-order valence-electron chi connectivity index (χ0n) is 7.01. The molecular weight excluding hydrogens is 167 g/mol. The Bertz CT molecular complexity index is 99.8. The van der Waals surface area contributed by atoms with Crippen LogP contribution >= 0.6 is 0 Å². The Balaban J connectivity index is -0.000000245. The molecule has 2 nitrogen and oxygen atoms in total. The average molecular weight is 182 g/mol. The molecule has 0 aromatic rings. The van der Waals surface area contributed by atoms with Crippen molar-refractivity contribution in [3.63, 3.8) is 0 Å². The number of hydrogen-bond acceptors (Lipinski definition) is 1. The minimum Gasteiger partial charge on any atom is -0.481 e. The molecular formula is C7H15O2V-. The van der Waals surface area contributed by atoms with Crippen molar-refractivity contribution >= 4 is 5.97 Å². The number of carboxylic acid groups (broad SMARTS) is 1. The Kier molecular flexibility index (Phi) is 9.62. The fourth-order valence-electron chi connectivity index (χ4n) is 0.151. The molecule has 10 heavy (non-hydrogen) atoms. The van der Waals surface area contributed by atoms with Crippen LogP contribution in [0.5, 0.6) is 0 Å². The van der Waals surface area contributed by atoms with Crippen LogP contribution in [0.3, 0.4) is 0 Å². The molecule has 0 bridgehead atoms. The fourth-order valence-corrected chi connectivity index (χ4v) is 0.151. The van der Waals surface area contributed by atoms with E-state index in [0.29, 0.717) is 6.42 Å². The Hall–Kier alpha value is 0.0544. The van der Waals surface area contributed by atoms with Crippen LogP contribution in [0.1, 0.15) is 27.2 Å². The van der Waals surface area contributed by atoms with Crippen molar-refractivity contribution in [3.05, 3.63) is 7.43 Å². The van der Waals surface area contributed by atoms with Gasteiger partial charge in [0.1, 0.15) is 0 Å². The van der Waals surface area contributed by atoms with E-state index in [1.54, 1.807) is 13.8 Å². The van der Waals surface area contributed by atoms with Crippen molar-refractivity contribution in [1.82, 2.24) is 0 Å². The van der Waals surface area contributed by atoms with Crippen molar-refractivity contribution < 1.29 is 28.5 Å². The van der Waals surface area contributed by atoms with Gasteiger partial charge in [0.05, 0.1) is 5.41 Å². The molecule has 1 radical (unpaired) electrons. The van der Waals surface area contributed by atoms with Crippen LogP contribution in [0.25, 0.3) is 0 Å². The molecule has 0 unspecified atom stereocenters. The summed E-state index contributed by atoms with van der Waals surface area (Å²) in [4.78, 5) is 10.3. The second-order valence-electron chi connectivity index (χ2n) is 2.54. The quantitative estimate of drug-likeness (QED) is 0.662. The summed E-state index contributed by atoms with van der Waals surface area (Å²) in [7, 11) is 0. The van der Waals surface area contributed by atoms with E-state index < -0.39 is 11.4 Å². The van der Waals surface area contributed by atoms with Crippen molar-refractivity contribution in [2.24, 2.45) is 5.41 Å². The molecule has 0 fully saturated rings. The van der Waals surface area contributed by atoms with Gasteiger partial charge in [-0.1, -0.05) is 6.92 Å². The van der Waals surface area contributed by atoms with Crippen LogP contribution in [0, 0.1) is 12.8 Å². The van der Waals surface area contributed by atoms with Crippen LogP contribution in [-0.4, -0.2) is 11.1 Å². The monoisotopic (exact) mass is 182 g/mol. The number of carboxylic acids is 1. The first-order valence-corrected chi connectivity index (χ1v) is 2.74. The summed E-state index contributed by atoms with van der Waals surface area (Å²) in [5.41, 5.74) is -0.542. The average Bonchev–Trinajstić information content (AvgIpc) is 1.67. The Morgan fingerprint density at radius 3 is 1.80 bits per heavy atom. The Morgan fingerprint density at radius 2 is 1.80 bits per heavy atom. The number of aliphatic carboxylic acids is 1. The molecule has 0 spiro atoms. The standard InChI is InChI=1S/C6H12O2.CH3.V/c1-4-6(2,3)5(7)8;;/h4H2,1-3H3,(H,7,8);1H3;/q;-1;. The van der Waals surface area contributed by atoms with Gasteiger partial charge in [0.15, 0.2) is 0 Å². The number of carbonyl (C=O) groups is 1. The Labute approximate surface area is 74.9 Å². The second-order valence-corrected chi connectivity index (χ2v) is 2.54. The van der Waals surface area contributed by atoms with E-state index in [0.717, 1.165) is 0 Å². The molecule has 0 aliphatic rings. The number of hydrogen-bond donors (Lipinski definition) is 1. The molecule has 61 valence electrons. The van der Waals surface area contributed by atoms with Gasteiger partial charge in [0, 0.05) is 18.6 Å². The fraction of sp³-hybridized carbons (Fsp3) is 0.714. The second kappa shape index (κ2) is 5.81. The van der Waals surface area contributed by atoms with Gasteiger partial charge in [0.25, 0.3) is 0 Å². The summed E-state index contributed by atoms with van der Waals surface area (Å²) in [6.07, 6.45) is 0.683. The van der Waals surface area contributed by atoms with E-state index >= 15 is 0 Å². The van der Waals surface area contributed by atoms with Crippen LogP contribution in [0.4, 0.5) is 0 Å². The first-order chi connectivity index (χ1) is 3.50. The van der Waals surface area contributed by atoms with Crippen molar-refractivity contribution in [3.8, 4) is 0 Å². The van der Waals surface area contributed by atoms with Gasteiger partial charge < -0.3 is 12.5 Å². The minimum atomic E-state index is -0.722. The first-order valence-electron chi connectivity index (χ1n) is 2.74. The molecule has 0 aliphatic heterocycles. The van der Waals surface area contributed by atoms with Crippen LogP contribution in [0.2, 0.25) is 0 Å². The third kappa shape index (κ3) is 4.89. The van der Waals surface area contributed by atoms with Gasteiger partial charge in [0.2, 0.25) is 0 Å². The maximum Gasteiger partial charge on any atom is 0.309 e. The summed E-state index contributed by atoms with van der Waals surface area (Å²) in [5, 5.41) is 8.44. The topological polar surface area (TPSA) is 37.3 Å². The van der Waals surface area contributed by atoms with E-state index in [2.05, 4.69) is 0 Å². The molecule has 3 heteroatoms. The van der Waals surface area contributed by atoms with Crippen LogP contribution in [-0.2, 0) is 23.4 Å². The van der Waals surface area contributed by atoms with Gasteiger partial charge in [-0.25, -0.2) is 0 Å². The van der Waals surface area contributed by atoms with Gasteiger partial charge in [-0.05, 0) is 20.3 Å². The van der Waals surface area contributed by atoms with Gasteiger partial charge in [-0.15, -0.1) is 0 Å². The van der Waals surface area contributed by atoms with Gasteiger partial charge in [-0.3, -0.25) is 4.79 Å². The summed E-state index contributed by atoms with van der Waals surface area (Å²) in [5.74, 6) is -0.722. The number of rotatable bonds is 2. The molecule has 0 aliphatic carbocycles. The maximum atomic E-state index is 10.3. The molecule has 0 aromatic heterocycles. The maximum absolute atomic E-state index is 10.3. The molecule has 0 rings (SSSR count). The smallest absolute Gasteiger partial charge is 0.309 e.